The van der Waals surface area contributed by atoms with Gasteiger partial charge in [-0.25, -0.2) is 9.97 Å². The highest BCUT2D eigenvalue weighted by Gasteiger charge is 2.13. The van der Waals surface area contributed by atoms with Gasteiger partial charge in [-0.1, -0.05) is 12.1 Å². The fourth-order valence-corrected chi connectivity index (χ4v) is 1.94. The SMILES string of the molecule is Cc1c(-c2nc3ccccc3nc2N)cnn1C. The van der Waals surface area contributed by atoms with Crippen LogP contribution in [0.5, 0.6) is 0 Å². The number of hydrogen-bond acceptors (Lipinski definition) is 4. The van der Waals surface area contributed by atoms with Crippen LogP contribution in [0.4, 0.5) is 5.82 Å². The molecule has 2 heterocycles. The molecule has 2 aromatic heterocycles. The lowest BCUT2D eigenvalue weighted by Crippen LogP contribution is -1.99. The van der Waals surface area contributed by atoms with Crippen LogP contribution in [0.2, 0.25) is 0 Å². The van der Waals surface area contributed by atoms with Gasteiger partial charge in [0.15, 0.2) is 5.82 Å². The highest BCUT2D eigenvalue weighted by Crippen LogP contribution is 2.26. The van der Waals surface area contributed by atoms with E-state index in [1.807, 2.05) is 38.2 Å². The van der Waals surface area contributed by atoms with Gasteiger partial charge >= 0.3 is 0 Å². The zero-order valence-electron chi connectivity index (χ0n) is 10.3. The van der Waals surface area contributed by atoms with Crippen LogP contribution in [-0.4, -0.2) is 19.7 Å². The number of benzene rings is 1. The standard InChI is InChI=1S/C13H13N5/c1-8-9(7-15-18(8)2)12-13(14)17-11-6-4-3-5-10(11)16-12/h3-7H,1-2H3,(H2,14,17). The molecule has 0 spiro atoms. The molecule has 0 fully saturated rings. The van der Waals surface area contributed by atoms with E-state index in [-0.39, 0.29) is 0 Å². The molecule has 0 aliphatic carbocycles. The van der Waals surface area contributed by atoms with Crippen LogP contribution in [0, 0.1) is 6.92 Å². The lowest BCUT2D eigenvalue weighted by molar-refractivity contribution is 0.740. The second kappa shape index (κ2) is 3.80. The largest absolute Gasteiger partial charge is 0.382 e. The molecule has 0 radical (unpaired) electrons. The van der Waals surface area contributed by atoms with Gasteiger partial charge in [-0.2, -0.15) is 5.10 Å². The van der Waals surface area contributed by atoms with Crippen molar-refractivity contribution in [3.05, 3.63) is 36.2 Å². The predicted octanol–water partition coefficient (Wildman–Crippen LogP) is 1.92. The Bertz CT molecular complexity index is 729. The van der Waals surface area contributed by atoms with Crippen molar-refractivity contribution in [2.75, 3.05) is 5.73 Å². The van der Waals surface area contributed by atoms with Crippen molar-refractivity contribution < 1.29 is 0 Å². The highest BCUT2D eigenvalue weighted by atomic mass is 15.3. The molecule has 0 amide bonds. The van der Waals surface area contributed by atoms with Crippen molar-refractivity contribution in [3.63, 3.8) is 0 Å². The van der Waals surface area contributed by atoms with Gasteiger partial charge in [0.2, 0.25) is 0 Å². The number of aryl methyl sites for hydroxylation is 1. The fraction of sp³-hybridized carbons (Fsp3) is 0.154. The maximum atomic E-state index is 5.99. The van der Waals surface area contributed by atoms with Crippen molar-refractivity contribution in [1.82, 2.24) is 19.7 Å². The van der Waals surface area contributed by atoms with Crippen LogP contribution in [0.25, 0.3) is 22.3 Å². The monoisotopic (exact) mass is 239 g/mol. The van der Waals surface area contributed by atoms with E-state index >= 15 is 0 Å². The first-order valence-electron chi connectivity index (χ1n) is 5.68. The molecule has 0 bridgehead atoms. The molecular weight excluding hydrogens is 226 g/mol. The third-order valence-electron chi connectivity index (χ3n) is 3.09. The molecule has 5 nitrogen and oxygen atoms in total. The third kappa shape index (κ3) is 1.52. The lowest BCUT2D eigenvalue weighted by Gasteiger charge is -2.05. The molecule has 5 heteroatoms. The van der Waals surface area contributed by atoms with E-state index in [4.69, 9.17) is 5.73 Å². The zero-order valence-corrected chi connectivity index (χ0v) is 10.3. The van der Waals surface area contributed by atoms with Crippen molar-refractivity contribution in [3.8, 4) is 11.3 Å². The van der Waals surface area contributed by atoms with Crippen LogP contribution in [0.1, 0.15) is 5.69 Å². The molecule has 3 rings (SSSR count). The van der Waals surface area contributed by atoms with E-state index in [1.165, 1.54) is 0 Å². The Morgan fingerprint density at radius 2 is 1.78 bits per heavy atom. The number of anilines is 1. The van der Waals surface area contributed by atoms with Crippen molar-refractivity contribution >= 4 is 16.9 Å². The molecule has 0 unspecified atom stereocenters. The van der Waals surface area contributed by atoms with Gasteiger partial charge in [-0.05, 0) is 19.1 Å². The Kier molecular flexibility index (Phi) is 2.26. The molecule has 18 heavy (non-hydrogen) atoms. The number of fused-ring (bicyclic) bond motifs is 1. The summed E-state index contributed by atoms with van der Waals surface area (Å²) < 4.78 is 1.80. The summed E-state index contributed by atoms with van der Waals surface area (Å²) in [5, 5.41) is 4.21. The smallest absolute Gasteiger partial charge is 0.150 e. The number of nitrogen functional groups attached to an aromatic ring is 1. The Hall–Kier alpha value is -2.43. The van der Waals surface area contributed by atoms with E-state index in [2.05, 4.69) is 15.1 Å². The normalized spacial score (nSPS) is 11.0. The van der Waals surface area contributed by atoms with Crippen LogP contribution in [-0.2, 0) is 7.05 Å². The van der Waals surface area contributed by atoms with Crippen LogP contribution in [0.15, 0.2) is 30.5 Å². The molecule has 0 aliphatic heterocycles. The highest BCUT2D eigenvalue weighted by molar-refractivity contribution is 5.82. The summed E-state index contributed by atoms with van der Waals surface area (Å²) in [6.07, 6.45) is 1.77. The van der Waals surface area contributed by atoms with Gasteiger partial charge in [0, 0.05) is 18.3 Å². The van der Waals surface area contributed by atoms with E-state index in [1.54, 1.807) is 10.9 Å². The molecule has 1 aromatic carbocycles. The Morgan fingerprint density at radius 1 is 1.11 bits per heavy atom. The second-order valence-electron chi connectivity index (χ2n) is 4.21. The van der Waals surface area contributed by atoms with Gasteiger partial charge in [0.1, 0.15) is 5.69 Å². The summed E-state index contributed by atoms with van der Waals surface area (Å²) in [6, 6.07) is 7.69. The molecule has 0 atom stereocenters. The minimum Gasteiger partial charge on any atom is -0.382 e. The lowest BCUT2D eigenvalue weighted by atomic mass is 10.1. The first kappa shape index (κ1) is 10.7. The van der Waals surface area contributed by atoms with Gasteiger partial charge in [-0.3, -0.25) is 4.68 Å². The van der Waals surface area contributed by atoms with Crippen LogP contribution >= 0.6 is 0 Å². The fourth-order valence-electron chi connectivity index (χ4n) is 1.94. The number of nitrogens with zero attached hydrogens (tertiary/aromatic N) is 4. The Labute approximate surface area is 104 Å². The van der Waals surface area contributed by atoms with Crippen molar-refractivity contribution in [1.29, 1.82) is 0 Å². The number of aromatic nitrogens is 4. The average molecular weight is 239 g/mol. The predicted molar refractivity (Wildman–Crippen MR) is 70.9 cm³/mol. The Morgan fingerprint density at radius 3 is 2.39 bits per heavy atom. The molecule has 90 valence electrons. The third-order valence-corrected chi connectivity index (χ3v) is 3.09. The number of para-hydroxylation sites is 2. The first-order chi connectivity index (χ1) is 8.66. The Balaban J connectivity index is 2.29. The quantitative estimate of drug-likeness (QED) is 0.704. The van der Waals surface area contributed by atoms with E-state index in [0.717, 1.165) is 22.3 Å². The zero-order chi connectivity index (χ0) is 12.7. The summed E-state index contributed by atoms with van der Waals surface area (Å²) in [6.45, 7) is 1.98. The maximum Gasteiger partial charge on any atom is 0.150 e. The van der Waals surface area contributed by atoms with Crippen LogP contribution < -0.4 is 5.73 Å². The summed E-state index contributed by atoms with van der Waals surface area (Å²) >= 11 is 0. The van der Waals surface area contributed by atoms with Gasteiger partial charge in [0.05, 0.1) is 17.2 Å². The maximum absolute atomic E-state index is 5.99. The van der Waals surface area contributed by atoms with Crippen molar-refractivity contribution in [2.45, 2.75) is 6.92 Å². The minimum absolute atomic E-state index is 0.435. The van der Waals surface area contributed by atoms with Crippen LogP contribution in [0.3, 0.4) is 0 Å². The molecule has 2 N–H and O–H groups in total. The first-order valence-corrected chi connectivity index (χ1v) is 5.68. The summed E-state index contributed by atoms with van der Waals surface area (Å²) in [7, 11) is 1.89. The minimum atomic E-state index is 0.435. The molecule has 3 aromatic rings. The molecule has 0 aliphatic rings. The average Bonchev–Trinajstić information content (AvgIpc) is 2.69. The molecule has 0 saturated carbocycles. The molecular formula is C13H13N5. The topological polar surface area (TPSA) is 69.6 Å². The van der Waals surface area contributed by atoms with E-state index < -0.39 is 0 Å². The van der Waals surface area contributed by atoms with Gasteiger partial charge < -0.3 is 5.73 Å². The van der Waals surface area contributed by atoms with Crippen molar-refractivity contribution in [2.24, 2.45) is 7.05 Å². The summed E-state index contributed by atoms with van der Waals surface area (Å²) in [5.41, 5.74) is 10.3. The summed E-state index contributed by atoms with van der Waals surface area (Å²) in [4.78, 5) is 8.96. The molecule has 0 saturated heterocycles. The van der Waals surface area contributed by atoms with E-state index in [9.17, 15) is 0 Å². The summed E-state index contributed by atoms with van der Waals surface area (Å²) in [5.74, 6) is 0.435. The van der Waals surface area contributed by atoms with Gasteiger partial charge in [-0.15, -0.1) is 0 Å². The number of nitrogens with two attached hydrogens (primary N) is 1. The second-order valence-corrected chi connectivity index (χ2v) is 4.21. The van der Waals surface area contributed by atoms with E-state index in [0.29, 0.717) is 11.5 Å². The number of hydrogen-bond donors (Lipinski definition) is 1. The van der Waals surface area contributed by atoms with Gasteiger partial charge in [0.25, 0.3) is 0 Å². The number of rotatable bonds is 1.